The van der Waals surface area contributed by atoms with E-state index in [4.69, 9.17) is 0 Å². The van der Waals surface area contributed by atoms with E-state index < -0.39 is 0 Å². The minimum Gasteiger partial charge on any atom is -0.341 e. The van der Waals surface area contributed by atoms with Gasteiger partial charge in [-0.05, 0) is 63.5 Å². The van der Waals surface area contributed by atoms with Crippen molar-refractivity contribution >= 4 is 21.8 Å². The molecule has 1 aromatic carbocycles. The summed E-state index contributed by atoms with van der Waals surface area (Å²) in [6.45, 7) is 5.13. The molecule has 20 heavy (non-hydrogen) atoms. The molecule has 0 unspecified atom stereocenters. The van der Waals surface area contributed by atoms with Gasteiger partial charge in [0, 0.05) is 23.6 Å². The number of benzene rings is 1. The number of nitrogens with zero attached hydrogens (tertiary/aromatic N) is 2. The van der Waals surface area contributed by atoms with Gasteiger partial charge >= 0.3 is 0 Å². The summed E-state index contributed by atoms with van der Waals surface area (Å²) in [6, 6.07) is 5.81. The first-order valence-corrected chi connectivity index (χ1v) is 7.97. The lowest BCUT2D eigenvalue weighted by molar-refractivity contribution is 0.0746. The molecular formula is C16H23BrN2O. The van der Waals surface area contributed by atoms with Crippen LogP contribution in [0.2, 0.25) is 0 Å². The molecule has 0 bridgehead atoms. The number of rotatable bonds is 3. The second-order valence-electron chi connectivity index (χ2n) is 5.84. The number of carbonyl (C=O) groups is 1. The maximum Gasteiger partial charge on any atom is 0.253 e. The van der Waals surface area contributed by atoms with Crippen LogP contribution in [0.3, 0.4) is 0 Å². The Labute approximate surface area is 130 Å². The molecule has 0 saturated carbocycles. The fraction of sp³-hybridized carbons (Fsp3) is 0.562. The highest BCUT2D eigenvalue weighted by Crippen LogP contribution is 2.22. The van der Waals surface area contributed by atoms with Crippen LogP contribution in [0.15, 0.2) is 22.7 Å². The van der Waals surface area contributed by atoms with Crippen LogP contribution in [0.25, 0.3) is 0 Å². The Kier molecular flexibility index (Phi) is 5.22. The lowest BCUT2D eigenvalue weighted by Crippen LogP contribution is -2.38. The highest BCUT2D eigenvalue weighted by Gasteiger charge is 2.22. The summed E-state index contributed by atoms with van der Waals surface area (Å²) in [4.78, 5) is 16.8. The van der Waals surface area contributed by atoms with E-state index >= 15 is 0 Å². The van der Waals surface area contributed by atoms with Crippen LogP contribution in [-0.4, -0.2) is 49.4 Å². The summed E-state index contributed by atoms with van der Waals surface area (Å²) < 4.78 is 0.996. The van der Waals surface area contributed by atoms with Crippen molar-refractivity contribution in [2.45, 2.75) is 19.8 Å². The Morgan fingerprint density at radius 1 is 1.40 bits per heavy atom. The molecule has 110 valence electrons. The molecule has 0 aromatic heterocycles. The summed E-state index contributed by atoms with van der Waals surface area (Å²) in [5, 5.41) is 0. The predicted octanol–water partition coefficient (Wildman–Crippen LogP) is 3.17. The summed E-state index contributed by atoms with van der Waals surface area (Å²) >= 11 is 3.49. The van der Waals surface area contributed by atoms with Crippen molar-refractivity contribution in [2.75, 3.05) is 33.7 Å². The first kappa shape index (κ1) is 15.5. The zero-order valence-corrected chi connectivity index (χ0v) is 14.1. The number of likely N-dealkylation sites (tertiary alicyclic amines) is 1. The summed E-state index contributed by atoms with van der Waals surface area (Å²) in [7, 11) is 4.08. The lowest BCUT2D eigenvalue weighted by Gasteiger charge is -2.31. The molecule has 0 radical (unpaired) electrons. The molecule has 0 atom stereocenters. The maximum atomic E-state index is 12.6. The van der Waals surface area contributed by atoms with Crippen molar-refractivity contribution in [3.63, 3.8) is 0 Å². The average molecular weight is 339 g/mol. The Morgan fingerprint density at radius 3 is 2.70 bits per heavy atom. The highest BCUT2D eigenvalue weighted by atomic mass is 79.9. The first-order valence-electron chi connectivity index (χ1n) is 7.18. The summed E-state index contributed by atoms with van der Waals surface area (Å²) in [5.41, 5.74) is 1.82. The maximum absolute atomic E-state index is 12.6. The van der Waals surface area contributed by atoms with E-state index in [9.17, 15) is 4.79 Å². The zero-order valence-electron chi connectivity index (χ0n) is 12.5. The van der Waals surface area contributed by atoms with Gasteiger partial charge < -0.3 is 9.80 Å². The number of piperidine rings is 1. The van der Waals surface area contributed by atoms with Crippen LogP contribution < -0.4 is 0 Å². The van der Waals surface area contributed by atoms with Crippen LogP contribution >= 0.6 is 15.9 Å². The van der Waals surface area contributed by atoms with Crippen molar-refractivity contribution in [3.8, 4) is 0 Å². The largest absolute Gasteiger partial charge is 0.341 e. The quantitative estimate of drug-likeness (QED) is 0.845. The third-order valence-corrected chi connectivity index (χ3v) is 5.07. The fourth-order valence-electron chi connectivity index (χ4n) is 2.76. The molecule has 0 spiro atoms. The Hall–Kier alpha value is -0.870. The van der Waals surface area contributed by atoms with Crippen molar-refractivity contribution in [2.24, 2.45) is 5.92 Å². The molecule has 1 saturated heterocycles. The topological polar surface area (TPSA) is 23.6 Å². The molecule has 1 aromatic rings. The van der Waals surface area contributed by atoms with Gasteiger partial charge in [0.1, 0.15) is 0 Å². The minimum absolute atomic E-state index is 0.128. The molecule has 1 fully saturated rings. The standard InChI is InChI=1S/C16H23BrN2O/c1-12-14(5-4-6-15(12)17)16(20)19(3)11-13-7-9-18(2)10-8-13/h4-6,13H,7-11H2,1-3H3. The molecule has 0 aliphatic carbocycles. The SMILES string of the molecule is Cc1c(Br)cccc1C(=O)N(C)CC1CCN(C)CC1. The van der Waals surface area contributed by atoms with Gasteiger partial charge in [0.25, 0.3) is 5.91 Å². The van der Waals surface area contributed by atoms with Crippen LogP contribution in [-0.2, 0) is 0 Å². The van der Waals surface area contributed by atoms with Gasteiger partial charge in [0.15, 0.2) is 0 Å². The molecule has 1 aliphatic rings. The van der Waals surface area contributed by atoms with Crippen molar-refractivity contribution < 1.29 is 4.79 Å². The highest BCUT2D eigenvalue weighted by molar-refractivity contribution is 9.10. The molecule has 1 aliphatic heterocycles. The molecule has 3 nitrogen and oxygen atoms in total. The van der Waals surface area contributed by atoms with Gasteiger partial charge in [0.05, 0.1) is 0 Å². The molecule has 1 heterocycles. The number of amides is 1. The van der Waals surface area contributed by atoms with Crippen LogP contribution in [0.4, 0.5) is 0 Å². The number of halogens is 1. The summed E-state index contributed by atoms with van der Waals surface area (Å²) in [6.07, 6.45) is 2.37. The summed E-state index contributed by atoms with van der Waals surface area (Å²) in [5.74, 6) is 0.760. The van der Waals surface area contributed by atoms with Crippen molar-refractivity contribution in [3.05, 3.63) is 33.8 Å². The zero-order chi connectivity index (χ0) is 14.7. The third kappa shape index (κ3) is 3.61. The van der Waals surface area contributed by atoms with Gasteiger partial charge in [-0.1, -0.05) is 22.0 Å². The minimum atomic E-state index is 0.128. The van der Waals surface area contributed by atoms with Crippen LogP contribution in [0, 0.1) is 12.8 Å². The van der Waals surface area contributed by atoms with E-state index in [0.717, 1.165) is 35.2 Å². The Morgan fingerprint density at radius 2 is 2.05 bits per heavy atom. The van der Waals surface area contributed by atoms with Gasteiger partial charge in [-0.2, -0.15) is 0 Å². The van der Waals surface area contributed by atoms with Crippen LogP contribution in [0.1, 0.15) is 28.8 Å². The van der Waals surface area contributed by atoms with E-state index in [1.165, 1.54) is 12.8 Å². The Balaban J connectivity index is 2.00. The van der Waals surface area contributed by atoms with E-state index in [0.29, 0.717) is 5.92 Å². The molecule has 2 rings (SSSR count). The fourth-order valence-corrected chi connectivity index (χ4v) is 3.13. The second-order valence-corrected chi connectivity index (χ2v) is 6.70. The Bertz CT molecular complexity index is 481. The van der Waals surface area contributed by atoms with E-state index in [1.54, 1.807) is 0 Å². The average Bonchev–Trinajstić information content (AvgIpc) is 2.43. The predicted molar refractivity (Wildman–Crippen MR) is 86.1 cm³/mol. The normalized spacial score (nSPS) is 17.2. The molecule has 0 N–H and O–H groups in total. The van der Waals surface area contributed by atoms with E-state index in [-0.39, 0.29) is 5.91 Å². The van der Waals surface area contributed by atoms with Crippen molar-refractivity contribution in [1.82, 2.24) is 9.80 Å². The molecule has 4 heteroatoms. The number of carbonyl (C=O) groups excluding carboxylic acids is 1. The number of hydrogen-bond acceptors (Lipinski definition) is 2. The monoisotopic (exact) mass is 338 g/mol. The first-order chi connectivity index (χ1) is 9.49. The molecular weight excluding hydrogens is 316 g/mol. The van der Waals surface area contributed by atoms with Gasteiger partial charge in [-0.15, -0.1) is 0 Å². The molecule has 1 amide bonds. The third-order valence-electron chi connectivity index (χ3n) is 4.21. The van der Waals surface area contributed by atoms with E-state index in [1.807, 2.05) is 37.1 Å². The van der Waals surface area contributed by atoms with Crippen LogP contribution in [0.5, 0.6) is 0 Å². The van der Waals surface area contributed by atoms with E-state index in [2.05, 4.69) is 27.9 Å². The van der Waals surface area contributed by atoms with Gasteiger partial charge in [0.2, 0.25) is 0 Å². The number of hydrogen-bond donors (Lipinski definition) is 0. The second kappa shape index (κ2) is 6.72. The smallest absolute Gasteiger partial charge is 0.253 e. The van der Waals surface area contributed by atoms with Gasteiger partial charge in [-0.3, -0.25) is 4.79 Å². The van der Waals surface area contributed by atoms with Crippen molar-refractivity contribution in [1.29, 1.82) is 0 Å². The lowest BCUT2D eigenvalue weighted by atomic mass is 9.96. The van der Waals surface area contributed by atoms with Gasteiger partial charge in [-0.25, -0.2) is 0 Å².